The minimum Gasteiger partial charge on any atom is -0.396 e. The molecule has 1 aromatic rings. The van der Waals surface area contributed by atoms with Gasteiger partial charge in [0.05, 0.1) is 12.2 Å². The number of halogens is 3. The number of nitrogens with zero attached hydrogens (tertiary/aromatic N) is 1. The molecule has 20 heavy (non-hydrogen) atoms. The molecule has 0 heterocycles. The number of hydrogen-bond donors (Lipinski definition) is 2. The van der Waals surface area contributed by atoms with Crippen LogP contribution in [0.5, 0.6) is 0 Å². The van der Waals surface area contributed by atoms with Gasteiger partial charge in [-0.3, -0.25) is 9.69 Å². The van der Waals surface area contributed by atoms with Gasteiger partial charge in [-0.05, 0) is 25.1 Å². The number of rotatable bonds is 7. The molecule has 1 amide bonds. The molecule has 0 spiro atoms. The Labute approximate surface area is 115 Å². The average molecular weight is 290 g/mol. The zero-order chi connectivity index (χ0) is 15.1. The lowest BCUT2D eigenvalue weighted by molar-refractivity contribution is -0.117. The Morgan fingerprint density at radius 1 is 1.30 bits per heavy atom. The van der Waals surface area contributed by atoms with Gasteiger partial charge in [0.2, 0.25) is 5.91 Å². The summed E-state index contributed by atoms with van der Waals surface area (Å²) in [7, 11) is 0. The van der Waals surface area contributed by atoms with Crippen LogP contribution in [0.2, 0.25) is 0 Å². The van der Waals surface area contributed by atoms with Gasteiger partial charge in [-0.1, -0.05) is 6.92 Å². The summed E-state index contributed by atoms with van der Waals surface area (Å²) in [5.74, 6) is -4.87. The summed E-state index contributed by atoms with van der Waals surface area (Å²) >= 11 is 0. The zero-order valence-corrected chi connectivity index (χ0v) is 11.1. The summed E-state index contributed by atoms with van der Waals surface area (Å²) in [4.78, 5) is 13.4. The first-order valence-electron chi connectivity index (χ1n) is 6.26. The fourth-order valence-electron chi connectivity index (χ4n) is 1.66. The van der Waals surface area contributed by atoms with Gasteiger partial charge in [-0.25, -0.2) is 13.2 Å². The lowest BCUT2D eigenvalue weighted by Gasteiger charge is -2.19. The first kappa shape index (κ1) is 16.5. The third-order valence-electron chi connectivity index (χ3n) is 2.76. The van der Waals surface area contributed by atoms with E-state index in [1.165, 1.54) is 0 Å². The van der Waals surface area contributed by atoms with Gasteiger partial charge >= 0.3 is 0 Å². The molecule has 0 bridgehead atoms. The van der Waals surface area contributed by atoms with Gasteiger partial charge in [0.15, 0.2) is 17.5 Å². The highest BCUT2D eigenvalue weighted by Crippen LogP contribution is 2.19. The van der Waals surface area contributed by atoms with Crippen LogP contribution in [0.4, 0.5) is 18.9 Å². The van der Waals surface area contributed by atoms with Crippen LogP contribution in [0.15, 0.2) is 12.1 Å². The second-order valence-corrected chi connectivity index (χ2v) is 4.22. The Hall–Kier alpha value is -1.60. The highest BCUT2D eigenvalue weighted by Gasteiger charge is 2.16. The van der Waals surface area contributed by atoms with E-state index < -0.39 is 29.0 Å². The first-order valence-corrected chi connectivity index (χ1v) is 6.26. The number of nitrogens with one attached hydrogen (secondary N) is 1. The number of benzene rings is 1. The van der Waals surface area contributed by atoms with Gasteiger partial charge in [0.25, 0.3) is 0 Å². The predicted octanol–water partition coefficient (Wildman–Crippen LogP) is 1.75. The van der Waals surface area contributed by atoms with Gasteiger partial charge in [0, 0.05) is 13.2 Å². The molecule has 0 unspecified atom stereocenters. The Balaban J connectivity index is 2.64. The van der Waals surface area contributed by atoms with Gasteiger partial charge in [-0.2, -0.15) is 0 Å². The number of carbonyl (C=O) groups excluding carboxylic acids is 1. The molecule has 0 radical (unpaired) electrons. The Morgan fingerprint density at radius 3 is 2.60 bits per heavy atom. The molecule has 1 rings (SSSR count). The minimum atomic E-state index is -1.62. The molecular weight excluding hydrogens is 273 g/mol. The van der Waals surface area contributed by atoms with Crippen LogP contribution < -0.4 is 5.32 Å². The lowest BCUT2D eigenvalue weighted by atomic mass is 10.2. The maximum atomic E-state index is 13.4. The molecule has 0 aliphatic carbocycles. The van der Waals surface area contributed by atoms with Crippen LogP contribution in [0.25, 0.3) is 0 Å². The maximum absolute atomic E-state index is 13.4. The van der Waals surface area contributed by atoms with Crippen molar-refractivity contribution < 1.29 is 23.1 Å². The van der Waals surface area contributed by atoms with Crippen molar-refractivity contribution in [2.45, 2.75) is 13.3 Å². The Kier molecular flexibility index (Phi) is 6.47. The van der Waals surface area contributed by atoms with Crippen molar-refractivity contribution in [1.29, 1.82) is 0 Å². The summed E-state index contributed by atoms with van der Waals surface area (Å²) in [6.07, 6.45) is 0.515. The molecule has 0 aromatic heterocycles. The molecule has 0 fully saturated rings. The van der Waals surface area contributed by atoms with E-state index in [9.17, 15) is 18.0 Å². The smallest absolute Gasteiger partial charge is 0.238 e. The summed E-state index contributed by atoms with van der Waals surface area (Å²) < 4.78 is 39.1. The highest BCUT2D eigenvalue weighted by molar-refractivity contribution is 5.92. The van der Waals surface area contributed by atoms with E-state index >= 15 is 0 Å². The summed E-state index contributed by atoms with van der Waals surface area (Å²) in [6, 6.07) is 1.72. The normalized spacial score (nSPS) is 10.9. The zero-order valence-electron chi connectivity index (χ0n) is 11.1. The highest BCUT2D eigenvalue weighted by atomic mass is 19.2. The number of hydrogen-bond acceptors (Lipinski definition) is 3. The molecule has 0 saturated carbocycles. The van der Waals surface area contributed by atoms with Crippen LogP contribution in [0.1, 0.15) is 13.3 Å². The largest absolute Gasteiger partial charge is 0.396 e. The van der Waals surface area contributed by atoms with Crippen molar-refractivity contribution in [3.05, 3.63) is 29.6 Å². The number of aliphatic hydroxyl groups is 1. The van der Waals surface area contributed by atoms with Crippen LogP contribution in [0, 0.1) is 17.5 Å². The SMILES string of the molecule is CCN(CCCO)CC(=O)Nc1ccc(F)c(F)c1F. The van der Waals surface area contributed by atoms with E-state index in [1.54, 1.807) is 4.90 Å². The average Bonchev–Trinajstić information content (AvgIpc) is 2.44. The second kappa shape index (κ2) is 7.86. The number of carbonyl (C=O) groups is 1. The summed E-state index contributed by atoms with van der Waals surface area (Å²) in [5.41, 5.74) is -0.396. The van der Waals surface area contributed by atoms with Crippen LogP contribution in [0.3, 0.4) is 0 Å². The van der Waals surface area contributed by atoms with Gasteiger partial charge in [0.1, 0.15) is 0 Å². The molecular formula is C13H17F3N2O2. The molecule has 7 heteroatoms. The molecule has 0 aliphatic rings. The van der Waals surface area contributed by atoms with Crippen LogP contribution in [-0.4, -0.2) is 42.2 Å². The van der Waals surface area contributed by atoms with E-state index in [2.05, 4.69) is 5.32 Å². The van der Waals surface area contributed by atoms with E-state index in [0.717, 1.165) is 12.1 Å². The van der Waals surface area contributed by atoms with E-state index in [-0.39, 0.29) is 13.2 Å². The fourth-order valence-corrected chi connectivity index (χ4v) is 1.66. The molecule has 4 nitrogen and oxygen atoms in total. The number of likely N-dealkylation sites (N-methyl/N-ethyl adjacent to an activating group) is 1. The van der Waals surface area contributed by atoms with Crippen LogP contribution in [-0.2, 0) is 4.79 Å². The van der Waals surface area contributed by atoms with Crippen LogP contribution >= 0.6 is 0 Å². The molecule has 0 saturated heterocycles. The van der Waals surface area contributed by atoms with E-state index in [1.807, 2.05) is 6.92 Å². The van der Waals surface area contributed by atoms with Crippen molar-refractivity contribution in [3.63, 3.8) is 0 Å². The monoisotopic (exact) mass is 290 g/mol. The predicted molar refractivity (Wildman–Crippen MR) is 68.8 cm³/mol. The fraction of sp³-hybridized carbons (Fsp3) is 0.462. The minimum absolute atomic E-state index is 0.00984. The Bertz CT molecular complexity index is 469. The molecule has 0 aliphatic heterocycles. The summed E-state index contributed by atoms with van der Waals surface area (Å²) in [6.45, 7) is 2.92. The van der Waals surface area contributed by atoms with E-state index in [0.29, 0.717) is 19.5 Å². The topological polar surface area (TPSA) is 52.6 Å². The molecule has 1 aromatic carbocycles. The third kappa shape index (κ3) is 4.50. The number of amides is 1. The number of aliphatic hydroxyl groups excluding tert-OH is 1. The quantitative estimate of drug-likeness (QED) is 0.752. The van der Waals surface area contributed by atoms with Gasteiger partial charge < -0.3 is 10.4 Å². The van der Waals surface area contributed by atoms with Gasteiger partial charge in [-0.15, -0.1) is 0 Å². The summed E-state index contributed by atoms with van der Waals surface area (Å²) in [5, 5.41) is 10.9. The maximum Gasteiger partial charge on any atom is 0.238 e. The second-order valence-electron chi connectivity index (χ2n) is 4.22. The van der Waals surface area contributed by atoms with E-state index in [4.69, 9.17) is 5.11 Å². The first-order chi connectivity index (χ1) is 9.49. The number of anilines is 1. The lowest BCUT2D eigenvalue weighted by Crippen LogP contribution is -2.34. The van der Waals surface area contributed by atoms with Crippen molar-refractivity contribution in [2.75, 3.05) is 31.6 Å². The van der Waals surface area contributed by atoms with Crippen molar-refractivity contribution >= 4 is 11.6 Å². The molecule has 0 atom stereocenters. The molecule has 2 N–H and O–H groups in total. The Morgan fingerprint density at radius 2 is 2.00 bits per heavy atom. The standard InChI is InChI=1S/C13H17F3N2O2/c1-2-18(6-3-7-19)8-11(20)17-10-5-4-9(14)12(15)13(10)16/h4-5,19H,2-3,6-8H2,1H3,(H,17,20). The third-order valence-corrected chi connectivity index (χ3v) is 2.76. The van der Waals surface area contributed by atoms with Crippen molar-refractivity contribution in [2.24, 2.45) is 0 Å². The van der Waals surface area contributed by atoms with Crippen molar-refractivity contribution in [3.8, 4) is 0 Å². The van der Waals surface area contributed by atoms with Crippen molar-refractivity contribution in [1.82, 2.24) is 4.90 Å². The molecule has 112 valence electrons.